The number of hydrogen-bond acceptors (Lipinski definition) is 0. The lowest BCUT2D eigenvalue weighted by atomic mass is 9.86. The molecule has 0 spiro atoms. The molecule has 1 aliphatic carbocycles. The standard InChI is InChI=1S/C32H35P3/c1-2-32(26-16-7-17-27-32)35(33(28-18-8-3-9-19-28)29-20-10-4-11-21-29)34(30-22-12-5-13-23-30)31-24-14-6-15-25-31/h3-6,8-15,18-25H,2,7,16-17,26-27H2,1H3. The van der Waals surface area contributed by atoms with E-state index in [4.69, 9.17) is 0 Å². The molecule has 0 nitrogen and oxygen atoms in total. The summed E-state index contributed by atoms with van der Waals surface area (Å²) in [5.41, 5.74) is 0. The second kappa shape index (κ2) is 11.9. The zero-order chi connectivity index (χ0) is 23.9. The van der Waals surface area contributed by atoms with Gasteiger partial charge in [0.1, 0.15) is 0 Å². The third-order valence-corrected chi connectivity index (χ3v) is 23.6. The highest BCUT2D eigenvalue weighted by Crippen LogP contribution is 2.91. The molecule has 4 aromatic rings. The van der Waals surface area contributed by atoms with E-state index in [1.165, 1.54) is 38.5 Å². The molecule has 0 bridgehead atoms. The van der Waals surface area contributed by atoms with Crippen molar-refractivity contribution < 1.29 is 0 Å². The van der Waals surface area contributed by atoms with Gasteiger partial charge in [0.05, 0.1) is 0 Å². The Morgan fingerprint density at radius 3 is 1.09 bits per heavy atom. The molecule has 178 valence electrons. The van der Waals surface area contributed by atoms with E-state index < -0.39 is 15.2 Å². The van der Waals surface area contributed by atoms with Crippen LogP contribution in [0.4, 0.5) is 0 Å². The molecule has 0 aliphatic heterocycles. The Morgan fingerprint density at radius 2 is 0.800 bits per heavy atom. The summed E-state index contributed by atoms with van der Waals surface area (Å²) in [5, 5.41) is 6.63. The van der Waals surface area contributed by atoms with Gasteiger partial charge in [-0.2, -0.15) is 0 Å². The fourth-order valence-electron chi connectivity index (χ4n) is 5.43. The van der Waals surface area contributed by atoms with Crippen LogP contribution in [-0.4, -0.2) is 5.16 Å². The Morgan fingerprint density at radius 1 is 0.486 bits per heavy atom. The maximum atomic E-state index is 2.49. The van der Waals surface area contributed by atoms with Crippen LogP contribution in [0.1, 0.15) is 45.4 Å². The van der Waals surface area contributed by atoms with E-state index in [1.807, 2.05) is 0 Å². The monoisotopic (exact) mass is 512 g/mol. The van der Waals surface area contributed by atoms with Crippen LogP contribution in [-0.2, 0) is 0 Å². The number of benzene rings is 4. The summed E-state index contributed by atoms with van der Waals surface area (Å²) >= 11 is 0. The molecule has 3 heteroatoms. The Labute approximate surface area is 215 Å². The van der Waals surface area contributed by atoms with E-state index >= 15 is 0 Å². The quantitative estimate of drug-likeness (QED) is 0.207. The lowest BCUT2D eigenvalue weighted by molar-refractivity contribution is 0.386. The first-order valence-electron chi connectivity index (χ1n) is 12.9. The predicted molar refractivity (Wildman–Crippen MR) is 161 cm³/mol. The van der Waals surface area contributed by atoms with Crippen molar-refractivity contribution in [2.45, 2.75) is 50.6 Å². The highest BCUT2D eigenvalue weighted by molar-refractivity contribution is 8.67. The largest absolute Gasteiger partial charge is 0.0645 e. The average molecular weight is 513 g/mol. The first kappa shape index (κ1) is 24.8. The summed E-state index contributed by atoms with van der Waals surface area (Å²) in [4.78, 5) is 0. The summed E-state index contributed by atoms with van der Waals surface area (Å²) in [6, 6.07) is 46.1. The zero-order valence-electron chi connectivity index (χ0n) is 20.6. The van der Waals surface area contributed by atoms with E-state index in [9.17, 15) is 0 Å². The minimum Gasteiger partial charge on any atom is -0.0645 e. The van der Waals surface area contributed by atoms with Crippen LogP contribution in [0.2, 0.25) is 0 Å². The lowest BCUT2D eigenvalue weighted by Crippen LogP contribution is -2.32. The minimum atomic E-state index is -0.485. The van der Waals surface area contributed by atoms with E-state index in [2.05, 4.69) is 128 Å². The molecule has 0 heterocycles. The first-order chi connectivity index (χ1) is 17.3. The van der Waals surface area contributed by atoms with E-state index in [-0.39, 0.29) is 7.30 Å². The third kappa shape index (κ3) is 5.47. The fourth-order valence-corrected chi connectivity index (χ4v) is 25.4. The molecule has 35 heavy (non-hydrogen) atoms. The molecule has 0 aromatic heterocycles. The maximum absolute atomic E-state index is 2.49. The van der Waals surface area contributed by atoms with Crippen molar-refractivity contribution in [3.05, 3.63) is 121 Å². The smallest absolute Gasteiger partial charge is 0.000823 e. The molecule has 0 radical (unpaired) electrons. The Bertz CT molecular complexity index is 995. The van der Waals surface area contributed by atoms with Gasteiger partial charge in [0, 0.05) is 0 Å². The molecule has 1 saturated carbocycles. The minimum absolute atomic E-state index is 0.366. The molecule has 0 saturated heterocycles. The van der Waals surface area contributed by atoms with Gasteiger partial charge in [-0.3, -0.25) is 0 Å². The zero-order valence-corrected chi connectivity index (χ0v) is 23.3. The summed E-state index contributed by atoms with van der Waals surface area (Å²) in [7, 11) is -1.33. The molecular formula is C32H35P3. The molecule has 4 aromatic carbocycles. The van der Waals surface area contributed by atoms with Gasteiger partial charge in [0.2, 0.25) is 0 Å². The Kier molecular flexibility index (Phi) is 8.47. The summed E-state index contributed by atoms with van der Waals surface area (Å²) in [5.74, 6) is 0. The summed E-state index contributed by atoms with van der Waals surface area (Å²) in [6.45, 7) is 2.49. The van der Waals surface area contributed by atoms with Crippen LogP contribution in [0, 0.1) is 0 Å². The lowest BCUT2D eigenvalue weighted by Gasteiger charge is -2.51. The van der Waals surface area contributed by atoms with Crippen LogP contribution in [0.5, 0.6) is 0 Å². The Hall–Kier alpha value is -1.83. The van der Waals surface area contributed by atoms with Gasteiger partial charge in [-0.25, -0.2) is 0 Å². The highest BCUT2D eigenvalue weighted by atomic mass is 32.5. The van der Waals surface area contributed by atoms with Gasteiger partial charge in [0.15, 0.2) is 0 Å². The second-order valence-corrected chi connectivity index (χ2v) is 20.0. The van der Waals surface area contributed by atoms with Crippen molar-refractivity contribution in [2.75, 3.05) is 0 Å². The van der Waals surface area contributed by atoms with Crippen molar-refractivity contribution in [1.29, 1.82) is 0 Å². The molecule has 0 N–H and O–H groups in total. The second-order valence-electron chi connectivity index (χ2n) is 9.39. The van der Waals surface area contributed by atoms with Gasteiger partial charge >= 0.3 is 0 Å². The summed E-state index contributed by atoms with van der Waals surface area (Å²) in [6.07, 6.45) is 8.21. The van der Waals surface area contributed by atoms with E-state index in [0.29, 0.717) is 5.16 Å². The van der Waals surface area contributed by atoms with Gasteiger partial charge in [0.25, 0.3) is 0 Å². The fraction of sp³-hybridized carbons (Fsp3) is 0.250. The highest BCUT2D eigenvalue weighted by Gasteiger charge is 2.47. The Balaban J connectivity index is 1.79. The van der Waals surface area contributed by atoms with Crippen molar-refractivity contribution in [3.63, 3.8) is 0 Å². The molecule has 0 atom stereocenters. The molecule has 5 rings (SSSR count). The van der Waals surface area contributed by atoms with Crippen molar-refractivity contribution in [1.82, 2.24) is 0 Å². The number of hydrogen-bond donors (Lipinski definition) is 0. The average Bonchev–Trinajstić information content (AvgIpc) is 2.95. The number of rotatable bonds is 8. The van der Waals surface area contributed by atoms with Crippen LogP contribution < -0.4 is 21.2 Å². The molecule has 0 amide bonds. The third-order valence-electron chi connectivity index (χ3n) is 7.25. The maximum Gasteiger partial charge on any atom is -0.000823 e. The normalized spacial score (nSPS) is 15.5. The SMILES string of the molecule is CCC1(P(P(c2ccccc2)c2ccccc2)P(c2ccccc2)c2ccccc2)CCCCC1. The molecule has 0 unspecified atom stereocenters. The molecule has 1 aliphatic rings. The first-order valence-corrected chi connectivity index (χ1v) is 18.4. The topological polar surface area (TPSA) is 0 Å². The predicted octanol–water partition coefficient (Wildman–Crippen LogP) is 8.68. The van der Waals surface area contributed by atoms with Gasteiger partial charge in [-0.15, -0.1) is 0 Å². The van der Waals surface area contributed by atoms with Crippen LogP contribution >= 0.6 is 22.5 Å². The van der Waals surface area contributed by atoms with Crippen LogP contribution in [0.25, 0.3) is 0 Å². The van der Waals surface area contributed by atoms with E-state index in [0.717, 1.165) is 0 Å². The summed E-state index contributed by atoms with van der Waals surface area (Å²) < 4.78 is 0. The van der Waals surface area contributed by atoms with Gasteiger partial charge in [-0.05, 0) is 68.2 Å². The van der Waals surface area contributed by atoms with Crippen molar-refractivity contribution >= 4 is 43.7 Å². The molecular weight excluding hydrogens is 477 g/mol. The van der Waals surface area contributed by atoms with Crippen LogP contribution in [0.3, 0.4) is 0 Å². The molecule has 1 fully saturated rings. The van der Waals surface area contributed by atoms with Gasteiger partial charge in [-0.1, -0.05) is 148 Å². The van der Waals surface area contributed by atoms with Crippen molar-refractivity contribution in [2.24, 2.45) is 0 Å². The van der Waals surface area contributed by atoms with Crippen molar-refractivity contribution in [3.8, 4) is 0 Å². The van der Waals surface area contributed by atoms with Gasteiger partial charge < -0.3 is 0 Å². The van der Waals surface area contributed by atoms with Crippen LogP contribution in [0.15, 0.2) is 121 Å². The van der Waals surface area contributed by atoms with E-state index in [1.54, 1.807) is 21.2 Å².